The molecule has 1 nitrogen and oxygen atoms in total. The van der Waals surface area contributed by atoms with Crippen LogP contribution in [0, 0.1) is 11.8 Å². The van der Waals surface area contributed by atoms with Gasteiger partial charge in [-0.25, -0.2) is 0 Å². The minimum absolute atomic E-state index is 0.741. The fraction of sp³-hybridized carbons (Fsp3) is 1.00. The maximum atomic E-state index is 2.59. The van der Waals surface area contributed by atoms with Crippen LogP contribution in [0.25, 0.3) is 0 Å². The second-order valence-corrected chi connectivity index (χ2v) is 4.33. The number of piperidine rings is 1. The average molecular weight is 155 g/mol. The average Bonchev–Trinajstić information content (AvgIpc) is 1.94. The summed E-state index contributed by atoms with van der Waals surface area (Å²) in [6.07, 6.45) is 1.39. The normalized spacial score (nSPS) is 34.6. The molecule has 0 bridgehead atoms. The molecular formula is C10H21N. The van der Waals surface area contributed by atoms with Crippen molar-refractivity contribution in [3.63, 3.8) is 0 Å². The van der Waals surface area contributed by atoms with Gasteiger partial charge in [0.05, 0.1) is 0 Å². The maximum absolute atomic E-state index is 2.59. The molecule has 1 heterocycles. The topological polar surface area (TPSA) is 3.24 Å². The van der Waals surface area contributed by atoms with Gasteiger partial charge >= 0.3 is 0 Å². The molecule has 0 radical (unpaired) electrons. The van der Waals surface area contributed by atoms with Crippen molar-refractivity contribution >= 4 is 0 Å². The van der Waals surface area contributed by atoms with Crippen LogP contribution in [0.1, 0.15) is 34.1 Å². The highest BCUT2D eigenvalue weighted by Crippen LogP contribution is 2.23. The molecule has 1 rings (SSSR count). The first kappa shape index (κ1) is 9.05. The standard InChI is InChI=1S/C10H21N/c1-8(2)11-6-5-9(3)10(4)7-11/h8-10H,5-7H2,1-4H3/t9-,10-/m0/s1. The van der Waals surface area contributed by atoms with Gasteiger partial charge in [0.1, 0.15) is 0 Å². The Balaban J connectivity index is 2.40. The van der Waals surface area contributed by atoms with Crippen molar-refractivity contribution in [2.24, 2.45) is 11.8 Å². The van der Waals surface area contributed by atoms with Crippen LogP contribution in [0.15, 0.2) is 0 Å². The largest absolute Gasteiger partial charge is 0.301 e. The molecule has 0 aromatic heterocycles. The minimum Gasteiger partial charge on any atom is -0.301 e. The lowest BCUT2D eigenvalue weighted by Gasteiger charge is -2.37. The van der Waals surface area contributed by atoms with Crippen LogP contribution in [0.4, 0.5) is 0 Å². The Morgan fingerprint density at radius 1 is 1.18 bits per heavy atom. The van der Waals surface area contributed by atoms with E-state index in [1.54, 1.807) is 0 Å². The summed E-state index contributed by atoms with van der Waals surface area (Å²) in [6.45, 7) is 12.0. The Kier molecular flexibility index (Phi) is 2.94. The van der Waals surface area contributed by atoms with Gasteiger partial charge in [0.15, 0.2) is 0 Å². The molecule has 2 atom stereocenters. The number of hydrogen-bond donors (Lipinski definition) is 0. The molecular weight excluding hydrogens is 134 g/mol. The molecule has 0 aliphatic carbocycles. The van der Waals surface area contributed by atoms with Crippen LogP contribution in [-0.2, 0) is 0 Å². The Bertz CT molecular complexity index is 120. The fourth-order valence-corrected chi connectivity index (χ4v) is 1.76. The molecule has 0 aromatic carbocycles. The molecule has 1 fully saturated rings. The summed E-state index contributed by atoms with van der Waals surface area (Å²) in [5.41, 5.74) is 0. The highest BCUT2D eigenvalue weighted by molar-refractivity contribution is 4.76. The minimum atomic E-state index is 0.741. The van der Waals surface area contributed by atoms with E-state index < -0.39 is 0 Å². The van der Waals surface area contributed by atoms with Gasteiger partial charge in [0.25, 0.3) is 0 Å². The van der Waals surface area contributed by atoms with E-state index in [-0.39, 0.29) is 0 Å². The Labute approximate surface area is 70.8 Å². The van der Waals surface area contributed by atoms with Crippen molar-refractivity contribution in [3.05, 3.63) is 0 Å². The number of rotatable bonds is 1. The highest BCUT2D eigenvalue weighted by Gasteiger charge is 2.23. The molecule has 11 heavy (non-hydrogen) atoms. The maximum Gasteiger partial charge on any atom is 0.00387 e. The molecule has 0 amide bonds. The number of nitrogens with zero attached hydrogens (tertiary/aromatic N) is 1. The molecule has 0 aromatic rings. The van der Waals surface area contributed by atoms with E-state index in [0.717, 1.165) is 17.9 Å². The van der Waals surface area contributed by atoms with Crippen LogP contribution in [0.5, 0.6) is 0 Å². The van der Waals surface area contributed by atoms with Crippen molar-refractivity contribution in [1.82, 2.24) is 4.90 Å². The van der Waals surface area contributed by atoms with E-state index in [1.807, 2.05) is 0 Å². The van der Waals surface area contributed by atoms with E-state index in [9.17, 15) is 0 Å². The SMILES string of the molecule is CC(C)N1CC[C@H](C)[C@@H](C)C1. The van der Waals surface area contributed by atoms with Gasteiger partial charge < -0.3 is 4.90 Å². The predicted molar refractivity (Wildman–Crippen MR) is 49.7 cm³/mol. The van der Waals surface area contributed by atoms with E-state index in [4.69, 9.17) is 0 Å². The molecule has 0 N–H and O–H groups in total. The third-order valence-electron chi connectivity index (χ3n) is 3.10. The summed E-state index contributed by atoms with van der Waals surface area (Å²) in [5, 5.41) is 0. The van der Waals surface area contributed by atoms with Crippen LogP contribution in [-0.4, -0.2) is 24.0 Å². The van der Waals surface area contributed by atoms with Gasteiger partial charge in [-0.05, 0) is 38.6 Å². The van der Waals surface area contributed by atoms with Crippen LogP contribution in [0.2, 0.25) is 0 Å². The molecule has 66 valence electrons. The van der Waals surface area contributed by atoms with Gasteiger partial charge in [-0.3, -0.25) is 0 Å². The van der Waals surface area contributed by atoms with Crippen LogP contribution < -0.4 is 0 Å². The van der Waals surface area contributed by atoms with E-state index in [2.05, 4.69) is 32.6 Å². The second-order valence-electron chi connectivity index (χ2n) is 4.33. The quantitative estimate of drug-likeness (QED) is 0.562. The van der Waals surface area contributed by atoms with E-state index >= 15 is 0 Å². The molecule has 0 saturated carbocycles. The first-order chi connectivity index (χ1) is 5.11. The summed E-state index contributed by atoms with van der Waals surface area (Å²) >= 11 is 0. The summed E-state index contributed by atoms with van der Waals surface area (Å²) in [6, 6.07) is 0.741. The summed E-state index contributed by atoms with van der Waals surface area (Å²) in [7, 11) is 0. The molecule has 0 spiro atoms. The zero-order valence-corrected chi connectivity index (χ0v) is 8.30. The Morgan fingerprint density at radius 2 is 1.82 bits per heavy atom. The second kappa shape index (κ2) is 3.57. The Morgan fingerprint density at radius 3 is 2.27 bits per heavy atom. The highest BCUT2D eigenvalue weighted by atomic mass is 15.2. The van der Waals surface area contributed by atoms with Crippen molar-refractivity contribution in [3.8, 4) is 0 Å². The third-order valence-corrected chi connectivity index (χ3v) is 3.10. The van der Waals surface area contributed by atoms with Crippen molar-refractivity contribution < 1.29 is 0 Å². The zero-order valence-electron chi connectivity index (χ0n) is 8.30. The van der Waals surface area contributed by atoms with Crippen LogP contribution >= 0.6 is 0 Å². The predicted octanol–water partition coefficient (Wildman–Crippen LogP) is 2.37. The number of likely N-dealkylation sites (tertiary alicyclic amines) is 1. The van der Waals surface area contributed by atoms with Gasteiger partial charge in [0, 0.05) is 12.6 Å². The van der Waals surface area contributed by atoms with Crippen molar-refractivity contribution in [2.75, 3.05) is 13.1 Å². The van der Waals surface area contributed by atoms with Gasteiger partial charge in [0.2, 0.25) is 0 Å². The van der Waals surface area contributed by atoms with E-state index in [0.29, 0.717) is 0 Å². The van der Waals surface area contributed by atoms with Gasteiger partial charge in [-0.15, -0.1) is 0 Å². The van der Waals surface area contributed by atoms with Crippen molar-refractivity contribution in [1.29, 1.82) is 0 Å². The number of hydrogen-bond acceptors (Lipinski definition) is 1. The smallest absolute Gasteiger partial charge is 0.00387 e. The lowest BCUT2D eigenvalue weighted by Crippen LogP contribution is -2.42. The van der Waals surface area contributed by atoms with Crippen molar-refractivity contribution in [2.45, 2.75) is 40.2 Å². The zero-order chi connectivity index (χ0) is 8.43. The first-order valence-electron chi connectivity index (χ1n) is 4.85. The summed E-state index contributed by atoms with van der Waals surface area (Å²) in [4.78, 5) is 2.59. The van der Waals surface area contributed by atoms with Gasteiger partial charge in [-0.1, -0.05) is 13.8 Å². The lowest BCUT2D eigenvalue weighted by atomic mass is 9.88. The fourth-order valence-electron chi connectivity index (χ4n) is 1.76. The first-order valence-corrected chi connectivity index (χ1v) is 4.85. The monoisotopic (exact) mass is 155 g/mol. The molecule has 1 saturated heterocycles. The van der Waals surface area contributed by atoms with Crippen LogP contribution in [0.3, 0.4) is 0 Å². The van der Waals surface area contributed by atoms with E-state index in [1.165, 1.54) is 19.5 Å². The third kappa shape index (κ3) is 2.19. The molecule has 1 aliphatic heterocycles. The molecule has 1 aliphatic rings. The van der Waals surface area contributed by atoms with Gasteiger partial charge in [-0.2, -0.15) is 0 Å². The summed E-state index contributed by atoms with van der Waals surface area (Å²) < 4.78 is 0. The molecule has 1 heteroatoms. The molecule has 0 unspecified atom stereocenters. The lowest BCUT2D eigenvalue weighted by molar-refractivity contribution is 0.110. The Hall–Kier alpha value is -0.0400. The summed E-state index contributed by atoms with van der Waals surface area (Å²) in [5.74, 6) is 1.83.